The summed E-state index contributed by atoms with van der Waals surface area (Å²) in [7, 11) is 0. The third-order valence-corrected chi connectivity index (χ3v) is 1.93. The summed E-state index contributed by atoms with van der Waals surface area (Å²) < 4.78 is 0. The maximum Gasteiger partial charge on any atom is 0.134 e. The Labute approximate surface area is 80.9 Å². The molecule has 0 saturated heterocycles. The number of Topliss-reactive ketones (excluding diaryl/α,β-unsaturated/α-hetero) is 1. The van der Waals surface area contributed by atoms with Crippen molar-refractivity contribution in [3.63, 3.8) is 0 Å². The Bertz CT molecular complexity index is 181. The second kappa shape index (κ2) is 7.82. The number of nitrogens with two attached hydrogens (primary N) is 1. The first-order chi connectivity index (χ1) is 6.20. The fraction of sp³-hybridized carbons (Fsp3) is 0.727. The highest BCUT2D eigenvalue weighted by Gasteiger charge is 2.07. The summed E-state index contributed by atoms with van der Waals surface area (Å²) in [4.78, 5) is 11.3. The van der Waals surface area contributed by atoms with Crippen molar-refractivity contribution in [2.75, 3.05) is 0 Å². The molecule has 13 heavy (non-hydrogen) atoms. The minimum atomic E-state index is 0.0448. The fourth-order valence-electron chi connectivity index (χ4n) is 1.25. The van der Waals surface area contributed by atoms with E-state index in [-0.39, 0.29) is 11.8 Å². The molecule has 0 radical (unpaired) electrons. The van der Waals surface area contributed by atoms with E-state index in [0.717, 1.165) is 19.3 Å². The number of carbonyl (C=O) groups is 1. The van der Waals surface area contributed by atoms with E-state index in [2.05, 4.69) is 12.8 Å². The van der Waals surface area contributed by atoms with Crippen LogP contribution in [0.3, 0.4) is 0 Å². The molecule has 1 unspecified atom stereocenters. The fourth-order valence-corrected chi connectivity index (χ4v) is 1.25. The Balaban J connectivity index is 3.45. The van der Waals surface area contributed by atoms with Gasteiger partial charge in [-0.3, -0.25) is 4.79 Å². The molecule has 0 saturated carbocycles. The Morgan fingerprint density at radius 2 is 2.31 bits per heavy atom. The topological polar surface area (TPSA) is 43.1 Å². The van der Waals surface area contributed by atoms with Gasteiger partial charge in [0.05, 0.1) is 0 Å². The highest BCUT2D eigenvalue weighted by atomic mass is 16.1. The van der Waals surface area contributed by atoms with E-state index in [1.807, 2.05) is 0 Å². The van der Waals surface area contributed by atoms with Crippen molar-refractivity contribution in [3.05, 3.63) is 0 Å². The van der Waals surface area contributed by atoms with Crippen LogP contribution in [0, 0.1) is 12.3 Å². The molecule has 0 aromatic rings. The van der Waals surface area contributed by atoms with Crippen LogP contribution in [0.5, 0.6) is 0 Å². The zero-order valence-electron chi connectivity index (χ0n) is 8.38. The van der Waals surface area contributed by atoms with E-state index in [4.69, 9.17) is 12.2 Å². The van der Waals surface area contributed by atoms with Crippen LogP contribution in [0.1, 0.15) is 45.4 Å². The molecule has 0 aliphatic carbocycles. The van der Waals surface area contributed by atoms with Crippen LogP contribution in [-0.4, -0.2) is 11.8 Å². The number of ketones is 1. The lowest BCUT2D eigenvalue weighted by atomic mass is 10.0. The molecule has 74 valence electrons. The van der Waals surface area contributed by atoms with E-state index in [1.165, 1.54) is 0 Å². The number of hydrogen-bond donors (Lipinski definition) is 1. The van der Waals surface area contributed by atoms with Crippen molar-refractivity contribution in [3.8, 4) is 12.3 Å². The first-order valence-electron chi connectivity index (χ1n) is 4.91. The molecule has 0 aliphatic heterocycles. The molecule has 0 bridgehead atoms. The van der Waals surface area contributed by atoms with Crippen molar-refractivity contribution >= 4 is 5.78 Å². The van der Waals surface area contributed by atoms with Gasteiger partial charge in [0.25, 0.3) is 0 Å². The van der Waals surface area contributed by atoms with Gasteiger partial charge in [-0.05, 0) is 12.8 Å². The average Bonchev–Trinajstić information content (AvgIpc) is 2.05. The van der Waals surface area contributed by atoms with E-state index in [0.29, 0.717) is 19.3 Å². The Morgan fingerprint density at radius 1 is 1.62 bits per heavy atom. The molecule has 0 aromatic carbocycles. The molecule has 0 heterocycles. The quantitative estimate of drug-likeness (QED) is 0.481. The molecule has 0 aliphatic rings. The molecular formula is C11H19NO. The highest BCUT2D eigenvalue weighted by Crippen LogP contribution is 2.04. The molecule has 2 N–H and O–H groups in total. The van der Waals surface area contributed by atoms with Crippen molar-refractivity contribution in [2.45, 2.75) is 51.5 Å². The molecule has 0 aromatic heterocycles. The van der Waals surface area contributed by atoms with Gasteiger partial charge in [0.15, 0.2) is 0 Å². The second-order valence-electron chi connectivity index (χ2n) is 3.35. The summed E-state index contributed by atoms with van der Waals surface area (Å²) in [5.74, 6) is 2.76. The molecule has 0 spiro atoms. The Morgan fingerprint density at radius 3 is 2.85 bits per heavy atom. The van der Waals surface area contributed by atoms with E-state index in [9.17, 15) is 4.79 Å². The molecule has 0 amide bonds. The zero-order chi connectivity index (χ0) is 10.1. The van der Waals surface area contributed by atoms with Crippen molar-refractivity contribution in [1.82, 2.24) is 0 Å². The minimum absolute atomic E-state index is 0.0448. The smallest absolute Gasteiger partial charge is 0.134 e. The SMILES string of the molecule is C#CCCCC(=O)CC(N)CCC. The van der Waals surface area contributed by atoms with Gasteiger partial charge in [-0.1, -0.05) is 13.3 Å². The van der Waals surface area contributed by atoms with E-state index >= 15 is 0 Å². The Kier molecular flexibility index (Phi) is 7.33. The number of terminal acetylenes is 1. The summed E-state index contributed by atoms with van der Waals surface area (Å²) in [5.41, 5.74) is 5.73. The molecule has 0 fully saturated rings. The summed E-state index contributed by atoms with van der Waals surface area (Å²) in [5, 5.41) is 0. The first kappa shape index (κ1) is 12.2. The maximum atomic E-state index is 11.3. The van der Waals surface area contributed by atoms with Crippen molar-refractivity contribution in [1.29, 1.82) is 0 Å². The molecular weight excluding hydrogens is 162 g/mol. The maximum absolute atomic E-state index is 11.3. The monoisotopic (exact) mass is 181 g/mol. The molecule has 0 rings (SSSR count). The molecule has 1 atom stereocenters. The summed E-state index contributed by atoms with van der Waals surface area (Å²) in [6.07, 6.45) is 9.64. The van der Waals surface area contributed by atoms with Crippen LogP contribution in [0.15, 0.2) is 0 Å². The summed E-state index contributed by atoms with van der Waals surface area (Å²) in [6, 6.07) is 0.0448. The second-order valence-corrected chi connectivity index (χ2v) is 3.35. The highest BCUT2D eigenvalue weighted by molar-refractivity contribution is 5.78. The minimum Gasteiger partial charge on any atom is -0.327 e. The van der Waals surface area contributed by atoms with Gasteiger partial charge in [0, 0.05) is 25.3 Å². The van der Waals surface area contributed by atoms with Crippen LogP contribution < -0.4 is 5.73 Å². The van der Waals surface area contributed by atoms with E-state index in [1.54, 1.807) is 0 Å². The van der Waals surface area contributed by atoms with Crippen LogP contribution in [-0.2, 0) is 4.79 Å². The van der Waals surface area contributed by atoms with Gasteiger partial charge in [-0.25, -0.2) is 0 Å². The lowest BCUT2D eigenvalue weighted by molar-refractivity contribution is -0.119. The van der Waals surface area contributed by atoms with Crippen LogP contribution in [0.4, 0.5) is 0 Å². The number of unbranched alkanes of at least 4 members (excludes halogenated alkanes) is 1. The summed E-state index contributed by atoms with van der Waals surface area (Å²) in [6.45, 7) is 2.07. The largest absolute Gasteiger partial charge is 0.327 e. The van der Waals surface area contributed by atoms with Gasteiger partial charge >= 0.3 is 0 Å². The van der Waals surface area contributed by atoms with Gasteiger partial charge in [0.2, 0.25) is 0 Å². The van der Waals surface area contributed by atoms with Gasteiger partial charge in [-0.2, -0.15) is 0 Å². The lowest BCUT2D eigenvalue weighted by Gasteiger charge is -2.08. The third-order valence-electron chi connectivity index (χ3n) is 1.93. The summed E-state index contributed by atoms with van der Waals surface area (Å²) >= 11 is 0. The van der Waals surface area contributed by atoms with Gasteiger partial charge in [0.1, 0.15) is 5.78 Å². The van der Waals surface area contributed by atoms with Crippen LogP contribution >= 0.6 is 0 Å². The molecule has 2 nitrogen and oxygen atoms in total. The number of carbonyl (C=O) groups excluding carboxylic acids is 1. The number of hydrogen-bond acceptors (Lipinski definition) is 2. The average molecular weight is 181 g/mol. The van der Waals surface area contributed by atoms with Gasteiger partial charge in [-0.15, -0.1) is 12.3 Å². The Hall–Kier alpha value is -0.810. The third kappa shape index (κ3) is 7.55. The van der Waals surface area contributed by atoms with Crippen molar-refractivity contribution in [2.24, 2.45) is 5.73 Å². The van der Waals surface area contributed by atoms with Crippen LogP contribution in [0.25, 0.3) is 0 Å². The predicted octanol–water partition coefficient (Wildman–Crippen LogP) is 1.88. The molecule has 2 heteroatoms. The van der Waals surface area contributed by atoms with Crippen LogP contribution in [0.2, 0.25) is 0 Å². The zero-order valence-corrected chi connectivity index (χ0v) is 8.38. The van der Waals surface area contributed by atoms with E-state index < -0.39 is 0 Å². The lowest BCUT2D eigenvalue weighted by Crippen LogP contribution is -2.23. The number of rotatable bonds is 7. The van der Waals surface area contributed by atoms with Gasteiger partial charge < -0.3 is 5.73 Å². The normalized spacial score (nSPS) is 12.1. The first-order valence-corrected chi connectivity index (χ1v) is 4.91. The predicted molar refractivity (Wildman–Crippen MR) is 55.2 cm³/mol. The standard InChI is InChI=1S/C11H19NO/c1-3-5-6-8-11(13)9-10(12)7-4-2/h1,10H,4-9,12H2,2H3. The van der Waals surface area contributed by atoms with Crippen molar-refractivity contribution < 1.29 is 4.79 Å².